The highest BCUT2D eigenvalue weighted by Gasteiger charge is 2.49. The molecule has 0 nitrogen and oxygen atoms in total. The van der Waals surface area contributed by atoms with Crippen molar-refractivity contribution in [2.75, 3.05) is 6.67 Å². The minimum absolute atomic E-state index is 0.151. The number of alkyl halides is 3. The van der Waals surface area contributed by atoms with E-state index in [-0.39, 0.29) is 12.8 Å². The molecule has 0 aliphatic heterocycles. The van der Waals surface area contributed by atoms with Crippen LogP contribution in [0.15, 0.2) is 12.2 Å². The first-order chi connectivity index (χ1) is 5.97. The highest BCUT2D eigenvalue weighted by Crippen LogP contribution is 2.46. The highest BCUT2D eigenvalue weighted by atomic mass is 19.2. The van der Waals surface area contributed by atoms with E-state index >= 15 is 0 Å². The largest absolute Gasteiger partial charge is 0.250 e. The predicted molar refractivity (Wildman–Crippen MR) is 46.9 cm³/mol. The van der Waals surface area contributed by atoms with Gasteiger partial charge < -0.3 is 0 Å². The molecule has 0 aromatic carbocycles. The molecule has 1 aliphatic rings. The first-order valence-electron chi connectivity index (χ1n) is 4.56. The third kappa shape index (κ3) is 1.61. The number of hydrogen-bond donors (Lipinski definition) is 0. The van der Waals surface area contributed by atoms with Crippen molar-refractivity contribution in [3.8, 4) is 0 Å². The van der Waals surface area contributed by atoms with Crippen LogP contribution in [-0.4, -0.2) is 18.5 Å². The van der Waals surface area contributed by atoms with Gasteiger partial charge in [0, 0.05) is 11.8 Å². The van der Waals surface area contributed by atoms with Gasteiger partial charge in [-0.15, -0.1) is 0 Å². The molecule has 0 spiro atoms. The second kappa shape index (κ2) is 3.35. The van der Waals surface area contributed by atoms with Gasteiger partial charge in [-0.25, -0.2) is 8.78 Å². The van der Waals surface area contributed by atoms with Gasteiger partial charge in [0.2, 0.25) is 0 Å². The van der Waals surface area contributed by atoms with Crippen LogP contribution in [0.3, 0.4) is 0 Å². The van der Waals surface area contributed by atoms with Gasteiger partial charge in [-0.2, -0.15) is 0 Å². The summed E-state index contributed by atoms with van der Waals surface area (Å²) in [5.41, 5.74) is -2.89. The third-order valence-corrected chi connectivity index (χ3v) is 3.05. The van der Waals surface area contributed by atoms with Crippen molar-refractivity contribution in [2.45, 2.75) is 38.5 Å². The molecule has 0 radical (unpaired) electrons. The molecule has 0 amide bonds. The van der Waals surface area contributed by atoms with E-state index in [1.54, 1.807) is 6.92 Å². The predicted octanol–water partition coefficient (Wildman–Crippen LogP) is 3.38. The molecular weight excluding hydrogens is 177 g/mol. The van der Waals surface area contributed by atoms with Crippen LogP contribution < -0.4 is 0 Å². The van der Waals surface area contributed by atoms with Crippen LogP contribution in [0.2, 0.25) is 0 Å². The Hall–Kier alpha value is -0.470. The van der Waals surface area contributed by atoms with E-state index in [1.165, 1.54) is 19.1 Å². The first kappa shape index (κ1) is 10.6. The fourth-order valence-corrected chi connectivity index (χ4v) is 1.79. The molecule has 0 aromatic rings. The Balaban J connectivity index is 2.99. The Kier molecular flexibility index (Phi) is 2.74. The zero-order valence-corrected chi connectivity index (χ0v) is 7.99. The number of rotatable bonds is 2. The number of halogens is 3. The van der Waals surface area contributed by atoms with E-state index in [9.17, 15) is 13.2 Å². The molecule has 3 heteroatoms. The molecule has 0 N–H and O–H groups in total. The van der Waals surface area contributed by atoms with Crippen molar-refractivity contribution >= 4 is 0 Å². The van der Waals surface area contributed by atoms with Crippen molar-refractivity contribution < 1.29 is 13.2 Å². The lowest BCUT2D eigenvalue weighted by Crippen LogP contribution is -2.46. The van der Waals surface area contributed by atoms with Crippen LogP contribution in [-0.2, 0) is 0 Å². The summed E-state index contributed by atoms with van der Waals surface area (Å²) in [6.07, 6.45) is 1.25. The monoisotopic (exact) mass is 192 g/mol. The normalized spacial score (nSPS) is 45.2. The lowest BCUT2D eigenvalue weighted by molar-refractivity contribution is -0.0140. The summed E-state index contributed by atoms with van der Waals surface area (Å²) in [5.74, 6) is 0. The highest BCUT2D eigenvalue weighted by molar-refractivity contribution is 5.16. The molecule has 76 valence electrons. The minimum Gasteiger partial charge on any atom is -0.250 e. The second-order valence-electron chi connectivity index (χ2n) is 3.95. The smallest absolute Gasteiger partial charge is 0.125 e. The maximum Gasteiger partial charge on any atom is 0.125 e. The summed E-state index contributed by atoms with van der Waals surface area (Å²) >= 11 is 0. The average Bonchev–Trinajstić information content (AvgIpc) is 2.12. The first-order valence-corrected chi connectivity index (χ1v) is 4.56. The van der Waals surface area contributed by atoms with Crippen LogP contribution in [0.4, 0.5) is 13.2 Å². The lowest BCUT2D eigenvalue weighted by Gasteiger charge is -2.42. The summed E-state index contributed by atoms with van der Waals surface area (Å²) in [4.78, 5) is 0. The summed E-state index contributed by atoms with van der Waals surface area (Å²) in [7, 11) is 0. The summed E-state index contributed by atoms with van der Waals surface area (Å²) in [5, 5.41) is 0. The van der Waals surface area contributed by atoms with Crippen molar-refractivity contribution in [1.82, 2.24) is 0 Å². The van der Waals surface area contributed by atoms with Gasteiger partial charge in [-0.3, -0.25) is 4.39 Å². The van der Waals surface area contributed by atoms with Gasteiger partial charge in [0.25, 0.3) is 0 Å². The van der Waals surface area contributed by atoms with Crippen LogP contribution in [0.1, 0.15) is 26.7 Å². The minimum atomic E-state index is -1.74. The molecule has 13 heavy (non-hydrogen) atoms. The average molecular weight is 192 g/mol. The number of hydrogen-bond acceptors (Lipinski definition) is 0. The lowest BCUT2D eigenvalue weighted by atomic mass is 9.68. The zero-order chi connectivity index (χ0) is 10.1. The molecule has 1 unspecified atom stereocenters. The molecule has 0 saturated carbocycles. The molecule has 0 aromatic heterocycles. The van der Waals surface area contributed by atoms with Crippen molar-refractivity contribution in [3.63, 3.8) is 0 Å². The summed E-state index contributed by atoms with van der Waals surface area (Å²) < 4.78 is 39.6. The van der Waals surface area contributed by atoms with E-state index in [0.29, 0.717) is 0 Å². The molecule has 3 atom stereocenters. The Bertz CT molecular complexity index is 214. The van der Waals surface area contributed by atoms with Crippen molar-refractivity contribution in [3.05, 3.63) is 12.2 Å². The van der Waals surface area contributed by atoms with E-state index in [2.05, 4.69) is 0 Å². The summed E-state index contributed by atoms with van der Waals surface area (Å²) in [6, 6.07) is 0. The molecular formula is C10H15F3. The van der Waals surface area contributed by atoms with Gasteiger partial charge in [0.15, 0.2) is 0 Å². The molecule has 0 saturated heterocycles. The molecule has 0 bridgehead atoms. The van der Waals surface area contributed by atoms with Gasteiger partial charge in [-0.05, 0) is 6.42 Å². The van der Waals surface area contributed by atoms with E-state index in [4.69, 9.17) is 0 Å². The quantitative estimate of drug-likeness (QED) is 0.588. The second-order valence-corrected chi connectivity index (χ2v) is 3.95. The Labute approximate surface area is 76.8 Å². The van der Waals surface area contributed by atoms with Gasteiger partial charge in [0.1, 0.15) is 18.5 Å². The third-order valence-electron chi connectivity index (χ3n) is 3.05. The molecule has 0 fully saturated rings. The summed E-state index contributed by atoms with van der Waals surface area (Å²) in [6.45, 7) is 2.35. The maximum atomic E-state index is 14.1. The number of allylic oxidation sites excluding steroid dienone is 2. The van der Waals surface area contributed by atoms with E-state index < -0.39 is 23.9 Å². The molecule has 1 aliphatic carbocycles. The van der Waals surface area contributed by atoms with Gasteiger partial charge in [-0.1, -0.05) is 26.0 Å². The van der Waals surface area contributed by atoms with Crippen molar-refractivity contribution in [1.29, 1.82) is 0 Å². The standard InChI is InChI=1S/C10H15F3/c1-3-10(13)6-8(12)4-5-9(10,2)7-11/h4-5,8H,3,6-7H2,1-2H3/t8-,9-,10?/m0/s1. The van der Waals surface area contributed by atoms with E-state index in [1.807, 2.05) is 0 Å². The Morgan fingerprint density at radius 3 is 2.62 bits per heavy atom. The SMILES string of the molecule is CCC1(F)C[C@@H](F)C=C[C@@]1(C)CF. The van der Waals surface area contributed by atoms with E-state index in [0.717, 1.165) is 0 Å². The van der Waals surface area contributed by atoms with Crippen molar-refractivity contribution in [2.24, 2.45) is 5.41 Å². The molecule has 1 rings (SSSR count). The zero-order valence-electron chi connectivity index (χ0n) is 7.99. The van der Waals surface area contributed by atoms with Gasteiger partial charge >= 0.3 is 0 Å². The maximum absolute atomic E-state index is 14.1. The van der Waals surface area contributed by atoms with Crippen LogP contribution in [0.25, 0.3) is 0 Å². The fourth-order valence-electron chi connectivity index (χ4n) is 1.79. The fraction of sp³-hybridized carbons (Fsp3) is 0.800. The van der Waals surface area contributed by atoms with Crippen LogP contribution in [0, 0.1) is 5.41 Å². The van der Waals surface area contributed by atoms with Gasteiger partial charge in [0.05, 0.1) is 0 Å². The topological polar surface area (TPSA) is 0 Å². The molecule has 0 heterocycles. The Morgan fingerprint density at radius 1 is 1.54 bits per heavy atom. The van der Waals surface area contributed by atoms with Crippen LogP contribution in [0.5, 0.6) is 0 Å². The van der Waals surface area contributed by atoms with Crippen LogP contribution >= 0.6 is 0 Å². The Morgan fingerprint density at radius 2 is 2.15 bits per heavy atom.